The molecule has 0 amide bonds. The van der Waals surface area contributed by atoms with Crippen LogP contribution in [0.5, 0.6) is 0 Å². The molecule has 1 saturated heterocycles. The normalized spacial score (nSPS) is 16.0. The van der Waals surface area contributed by atoms with Crippen LogP contribution in [-0.2, 0) is 4.74 Å². The number of ether oxygens (including phenoxy) is 1. The highest BCUT2D eigenvalue weighted by molar-refractivity contribution is 9.10. The average Bonchev–Trinajstić information content (AvgIpc) is 2.54. The molecule has 0 bridgehead atoms. The molecule has 7 heteroatoms. The lowest BCUT2D eigenvalue weighted by atomic mass is 9.82. The molecule has 2 aromatic rings. The van der Waals surface area contributed by atoms with Crippen LogP contribution in [0.25, 0.3) is 0 Å². The molecule has 0 radical (unpaired) electrons. The van der Waals surface area contributed by atoms with Gasteiger partial charge in [0.1, 0.15) is 15.0 Å². The van der Waals surface area contributed by atoms with Crippen LogP contribution >= 0.6 is 31.9 Å². The summed E-state index contributed by atoms with van der Waals surface area (Å²) in [5, 5.41) is 3.40. The van der Waals surface area contributed by atoms with Gasteiger partial charge in [-0.1, -0.05) is 19.1 Å². The first-order valence-corrected chi connectivity index (χ1v) is 9.28. The Bertz CT molecular complexity index is 634. The van der Waals surface area contributed by atoms with E-state index in [0.717, 1.165) is 43.0 Å². The van der Waals surface area contributed by atoms with Crippen LogP contribution in [0.3, 0.4) is 0 Å². The summed E-state index contributed by atoms with van der Waals surface area (Å²) < 4.78 is 18.8. The van der Waals surface area contributed by atoms with Crippen LogP contribution < -0.4 is 5.32 Å². The van der Waals surface area contributed by atoms with E-state index in [1.165, 1.54) is 6.07 Å². The Balaban J connectivity index is 0.000000219. The van der Waals surface area contributed by atoms with E-state index in [0.29, 0.717) is 10.0 Å². The van der Waals surface area contributed by atoms with Crippen molar-refractivity contribution in [3.05, 3.63) is 51.6 Å². The summed E-state index contributed by atoms with van der Waals surface area (Å²) in [6, 6.07) is 10.5. The third kappa shape index (κ3) is 6.83. The third-order valence-corrected chi connectivity index (χ3v) is 4.68. The molecule has 0 unspecified atom stereocenters. The monoisotopic (exact) mass is 459 g/mol. The number of anilines is 1. The quantitative estimate of drug-likeness (QED) is 0.650. The zero-order valence-electron chi connectivity index (χ0n) is 13.4. The summed E-state index contributed by atoms with van der Waals surface area (Å²) in [5.74, 6) is 0.474. The zero-order valence-corrected chi connectivity index (χ0v) is 16.6. The molecule has 0 atom stereocenters. The SMILES string of the molecule is CC1(CNc2cccc(Br)n2)CCOCC1.Fc1cccc(Br)n1. The van der Waals surface area contributed by atoms with Crippen LogP contribution in [0.2, 0.25) is 0 Å². The number of hydrogen-bond donors (Lipinski definition) is 1. The second-order valence-electron chi connectivity index (χ2n) is 5.91. The maximum absolute atomic E-state index is 12.0. The highest BCUT2D eigenvalue weighted by Gasteiger charge is 2.27. The van der Waals surface area contributed by atoms with E-state index in [4.69, 9.17) is 4.74 Å². The van der Waals surface area contributed by atoms with Crippen LogP contribution in [0, 0.1) is 11.4 Å². The standard InChI is InChI=1S/C12H17BrN2O.C5H3BrFN/c1-12(5-7-16-8-6-12)9-14-11-4-2-3-10(13)15-11;6-4-2-1-3-5(7)8-4/h2-4H,5-9H2,1H3,(H,14,15);1-3H. The molecule has 4 nitrogen and oxygen atoms in total. The molecule has 1 aliphatic heterocycles. The predicted molar refractivity (Wildman–Crippen MR) is 100 cm³/mol. The lowest BCUT2D eigenvalue weighted by Crippen LogP contribution is -2.33. The fourth-order valence-electron chi connectivity index (χ4n) is 2.24. The molecule has 1 fully saturated rings. The minimum Gasteiger partial charge on any atom is -0.381 e. The minimum atomic E-state index is -0.459. The van der Waals surface area contributed by atoms with Crippen LogP contribution in [-0.4, -0.2) is 29.7 Å². The van der Waals surface area contributed by atoms with Gasteiger partial charge in [0.2, 0.25) is 5.95 Å². The summed E-state index contributed by atoms with van der Waals surface area (Å²) in [5.41, 5.74) is 0.336. The molecule has 130 valence electrons. The van der Waals surface area contributed by atoms with Gasteiger partial charge < -0.3 is 10.1 Å². The van der Waals surface area contributed by atoms with E-state index in [9.17, 15) is 4.39 Å². The van der Waals surface area contributed by atoms with E-state index in [1.54, 1.807) is 12.1 Å². The minimum absolute atomic E-state index is 0.336. The van der Waals surface area contributed by atoms with Crippen molar-refractivity contribution in [3.63, 3.8) is 0 Å². The summed E-state index contributed by atoms with van der Waals surface area (Å²) in [6.07, 6.45) is 2.24. The Kier molecular flexibility index (Phi) is 7.58. The first-order valence-electron chi connectivity index (χ1n) is 7.69. The molecule has 3 heterocycles. The molecule has 0 aliphatic carbocycles. The van der Waals surface area contributed by atoms with Crippen molar-refractivity contribution < 1.29 is 9.13 Å². The summed E-state index contributed by atoms with van der Waals surface area (Å²) >= 11 is 6.38. The number of halogens is 3. The Morgan fingerprint density at radius 1 is 1.08 bits per heavy atom. The average molecular weight is 461 g/mol. The van der Waals surface area contributed by atoms with Gasteiger partial charge in [0.15, 0.2) is 0 Å². The molecule has 0 aromatic carbocycles. The van der Waals surface area contributed by atoms with Gasteiger partial charge in [-0.15, -0.1) is 0 Å². The fraction of sp³-hybridized carbons (Fsp3) is 0.412. The fourth-order valence-corrected chi connectivity index (χ4v) is 2.90. The lowest BCUT2D eigenvalue weighted by Gasteiger charge is -2.33. The molecule has 2 aromatic heterocycles. The van der Waals surface area contributed by atoms with Gasteiger partial charge in [0.25, 0.3) is 0 Å². The van der Waals surface area contributed by atoms with E-state index in [2.05, 4.69) is 54.1 Å². The van der Waals surface area contributed by atoms with Crippen molar-refractivity contribution >= 4 is 37.7 Å². The molecule has 1 aliphatic rings. The topological polar surface area (TPSA) is 47.0 Å². The van der Waals surface area contributed by atoms with Crippen LogP contribution in [0.4, 0.5) is 10.2 Å². The number of pyridine rings is 2. The Hall–Kier alpha value is -1.05. The van der Waals surface area contributed by atoms with Crippen LogP contribution in [0.1, 0.15) is 19.8 Å². The summed E-state index contributed by atoms with van der Waals surface area (Å²) in [4.78, 5) is 7.79. The lowest BCUT2D eigenvalue weighted by molar-refractivity contribution is 0.0300. The zero-order chi connectivity index (χ0) is 17.4. The Morgan fingerprint density at radius 2 is 1.71 bits per heavy atom. The number of rotatable bonds is 3. The first-order chi connectivity index (χ1) is 11.5. The third-order valence-electron chi connectivity index (χ3n) is 3.79. The number of hydrogen-bond acceptors (Lipinski definition) is 4. The Labute approximate surface area is 158 Å². The molecule has 0 saturated carbocycles. The van der Waals surface area contributed by atoms with Gasteiger partial charge in [0.05, 0.1) is 0 Å². The second-order valence-corrected chi connectivity index (χ2v) is 7.53. The van der Waals surface area contributed by atoms with E-state index in [1.807, 2.05) is 18.2 Å². The van der Waals surface area contributed by atoms with Crippen molar-refractivity contribution in [2.24, 2.45) is 5.41 Å². The maximum Gasteiger partial charge on any atom is 0.213 e. The van der Waals surface area contributed by atoms with E-state index in [-0.39, 0.29) is 0 Å². The van der Waals surface area contributed by atoms with E-state index < -0.39 is 5.95 Å². The van der Waals surface area contributed by atoms with Crippen molar-refractivity contribution in [3.8, 4) is 0 Å². The molecular weight excluding hydrogens is 441 g/mol. The van der Waals surface area contributed by atoms with Crippen molar-refractivity contribution in [1.82, 2.24) is 9.97 Å². The molecule has 1 N–H and O–H groups in total. The predicted octanol–water partition coefficient (Wildman–Crippen LogP) is 5.06. The van der Waals surface area contributed by atoms with Gasteiger partial charge in [-0.25, -0.2) is 9.97 Å². The maximum atomic E-state index is 12.0. The number of nitrogens with one attached hydrogen (secondary N) is 1. The molecular formula is C17H20Br2FN3O. The van der Waals surface area contributed by atoms with Crippen molar-refractivity contribution in [1.29, 1.82) is 0 Å². The highest BCUT2D eigenvalue weighted by Crippen LogP contribution is 2.29. The summed E-state index contributed by atoms with van der Waals surface area (Å²) in [6.45, 7) is 5.02. The molecule has 3 rings (SSSR count). The van der Waals surface area contributed by atoms with Gasteiger partial charge in [-0.05, 0) is 74.4 Å². The van der Waals surface area contributed by atoms with Gasteiger partial charge in [-0.3, -0.25) is 0 Å². The van der Waals surface area contributed by atoms with Gasteiger partial charge >= 0.3 is 0 Å². The Morgan fingerprint density at radius 3 is 2.25 bits per heavy atom. The van der Waals surface area contributed by atoms with Crippen molar-refractivity contribution in [2.75, 3.05) is 25.1 Å². The first kappa shape index (κ1) is 19.3. The molecule has 24 heavy (non-hydrogen) atoms. The largest absolute Gasteiger partial charge is 0.381 e. The van der Waals surface area contributed by atoms with Crippen LogP contribution in [0.15, 0.2) is 45.6 Å². The number of nitrogens with zero attached hydrogens (tertiary/aromatic N) is 2. The summed E-state index contributed by atoms with van der Waals surface area (Å²) in [7, 11) is 0. The smallest absolute Gasteiger partial charge is 0.213 e. The highest BCUT2D eigenvalue weighted by atomic mass is 79.9. The van der Waals surface area contributed by atoms with Crippen molar-refractivity contribution in [2.45, 2.75) is 19.8 Å². The molecule has 0 spiro atoms. The van der Waals surface area contributed by atoms with E-state index >= 15 is 0 Å². The number of aromatic nitrogens is 2. The van der Waals surface area contributed by atoms with Gasteiger partial charge in [-0.2, -0.15) is 4.39 Å². The second kappa shape index (κ2) is 9.44. The van der Waals surface area contributed by atoms with Gasteiger partial charge in [0, 0.05) is 19.8 Å².